The second-order valence-electron chi connectivity index (χ2n) is 4.84. The molecule has 1 unspecified atom stereocenters. The van der Waals surface area contributed by atoms with Crippen molar-refractivity contribution in [3.8, 4) is 11.5 Å². The summed E-state index contributed by atoms with van der Waals surface area (Å²) in [5.74, 6) is 0.573. The van der Waals surface area contributed by atoms with Gasteiger partial charge in [0.15, 0.2) is 11.5 Å². The van der Waals surface area contributed by atoms with Gasteiger partial charge in [-0.05, 0) is 18.6 Å². The van der Waals surface area contributed by atoms with Crippen LogP contribution in [0, 0.1) is 17.0 Å². The molecule has 0 bridgehead atoms. The maximum Gasteiger partial charge on any atom is 0.279 e. The highest BCUT2D eigenvalue weighted by molar-refractivity contribution is 5.56. The minimum atomic E-state index is -1.12. The van der Waals surface area contributed by atoms with Crippen molar-refractivity contribution in [2.24, 2.45) is 0 Å². The number of aliphatic hydroxyl groups is 1. The highest BCUT2D eigenvalue weighted by atomic mass is 16.6. The van der Waals surface area contributed by atoms with Gasteiger partial charge >= 0.3 is 0 Å². The number of hydrogen-bond acceptors (Lipinski definition) is 5. The Morgan fingerprint density at radius 1 is 1.09 bits per heavy atom. The number of aliphatic hydroxyl groups excluding tert-OH is 1. The van der Waals surface area contributed by atoms with E-state index in [0.29, 0.717) is 11.3 Å². The fraction of sp³-hybridized carbons (Fsp3) is 0.250. The summed E-state index contributed by atoms with van der Waals surface area (Å²) in [4.78, 5) is 10.7. The van der Waals surface area contributed by atoms with Crippen LogP contribution in [0.5, 0.6) is 11.5 Å². The Morgan fingerprint density at radius 2 is 1.64 bits per heavy atom. The van der Waals surface area contributed by atoms with E-state index >= 15 is 0 Å². The second kappa shape index (κ2) is 6.44. The zero-order valence-electron chi connectivity index (χ0n) is 12.6. The summed E-state index contributed by atoms with van der Waals surface area (Å²) < 4.78 is 10.2. The first-order valence-electron chi connectivity index (χ1n) is 6.63. The molecule has 0 aliphatic rings. The lowest BCUT2D eigenvalue weighted by atomic mass is 9.98. The molecule has 0 radical (unpaired) electrons. The summed E-state index contributed by atoms with van der Waals surface area (Å²) in [5.41, 5.74) is 1.55. The van der Waals surface area contributed by atoms with Gasteiger partial charge in [-0.1, -0.05) is 29.8 Å². The summed E-state index contributed by atoms with van der Waals surface area (Å²) in [6.45, 7) is 1.93. The van der Waals surface area contributed by atoms with E-state index in [4.69, 9.17) is 9.47 Å². The predicted molar refractivity (Wildman–Crippen MR) is 81.4 cm³/mol. The Morgan fingerprint density at radius 3 is 2.14 bits per heavy atom. The summed E-state index contributed by atoms with van der Waals surface area (Å²) in [5, 5.41) is 21.8. The van der Waals surface area contributed by atoms with E-state index in [0.717, 1.165) is 5.56 Å². The number of nitro groups is 1. The maximum absolute atomic E-state index is 11.3. The van der Waals surface area contributed by atoms with Crippen LogP contribution in [0.4, 0.5) is 5.69 Å². The number of methoxy groups -OCH3 is 2. The van der Waals surface area contributed by atoms with Gasteiger partial charge in [0, 0.05) is 0 Å². The molecule has 2 aromatic carbocycles. The number of nitro benzene ring substituents is 1. The van der Waals surface area contributed by atoms with Gasteiger partial charge in [0.1, 0.15) is 6.10 Å². The molecule has 6 heteroatoms. The van der Waals surface area contributed by atoms with Gasteiger partial charge in [-0.25, -0.2) is 0 Å². The van der Waals surface area contributed by atoms with Crippen LogP contribution >= 0.6 is 0 Å². The molecule has 0 fully saturated rings. The highest BCUT2D eigenvalue weighted by Gasteiger charge is 2.25. The Kier molecular flexibility index (Phi) is 4.62. The van der Waals surface area contributed by atoms with Crippen LogP contribution in [-0.4, -0.2) is 24.2 Å². The van der Waals surface area contributed by atoms with Crippen molar-refractivity contribution < 1.29 is 19.5 Å². The van der Waals surface area contributed by atoms with Gasteiger partial charge in [-0.2, -0.15) is 0 Å². The molecule has 2 aromatic rings. The van der Waals surface area contributed by atoms with Gasteiger partial charge in [0.05, 0.1) is 30.8 Å². The smallest absolute Gasteiger partial charge is 0.279 e. The van der Waals surface area contributed by atoms with Gasteiger partial charge < -0.3 is 14.6 Å². The van der Waals surface area contributed by atoms with Gasteiger partial charge in [-0.3, -0.25) is 10.1 Å². The molecule has 116 valence electrons. The van der Waals surface area contributed by atoms with Crippen molar-refractivity contribution in [3.63, 3.8) is 0 Å². The van der Waals surface area contributed by atoms with Crippen LogP contribution in [-0.2, 0) is 0 Å². The second-order valence-corrected chi connectivity index (χ2v) is 4.84. The van der Waals surface area contributed by atoms with Crippen LogP contribution in [0.1, 0.15) is 22.8 Å². The van der Waals surface area contributed by atoms with E-state index in [1.54, 1.807) is 12.1 Å². The summed E-state index contributed by atoms with van der Waals surface area (Å²) in [6, 6.07) is 9.84. The van der Waals surface area contributed by atoms with E-state index < -0.39 is 11.0 Å². The summed E-state index contributed by atoms with van der Waals surface area (Å²) >= 11 is 0. The third-order valence-electron chi connectivity index (χ3n) is 3.42. The zero-order valence-corrected chi connectivity index (χ0v) is 12.6. The van der Waals surface area contributed by atoms with Crippen molar-refractivity contribution in [2.75, 3.05) is 14.2 Å². The normalized spacial score (nSPS) is 11.8. The molecule has 0 aliphatic heterocycles. The van der Waals surface area contributed by atoms with Crippen LogP contribution in [0.25, 0.3) is 0 Å². The predicted octanol–water partition coefficient (Wildman–Crippen LogP) is 3.00. The van der Waals surface area contributed by atoms with E-state index in [1.807, 2.05) is 19.1 Å². The molecule has 0 spiro atoms. The van der Waals surface area contributed by atoms with E-state index in [2.05, 4.69) is 0 Å². The third kappa shape index (κ3) is 3.01. The third-order valence-corrected chi connectivity index (χ3v) is 3.42. The zero-order chi connectivity index (χ0) is 16.3. The maximum atomic E-state index is 11.3. The molecule has 6 nitrogen and oxygen atoms in total. The Balaban J connectivity index is 2.56. The van der Waals surface area contributed by atoms with Gasteiger partial charge in [0.2, 0.25) is 0 Å². The summed E-state index contributed by atoms with van der Waals surface area (Å²) in [7, 11) is 2.84. The van der Waals surface area contributed by atoms with E-state index in [-0.39, 0.29) is 17.0 Å². The quantitative estimate of drug-likeness (QED) is 0.678. The van der Waals surface area contributed by atoms with Gasteiger partial charge in [0.25, 0.3) is 5.69 Å². The lowest BCUT2D eigenvalue weighted by Gasteiger charge is -2.15. The van der Waals surface area contributed by atoms with Crippen LogP contribution in [0.2, 0.25) is 0 Å². The van der Waals surface area contributed by atoms with Crippen molar-refractivity contribution in [3.05, 3.63) is 63.2 Å². The molecule has 22 heavy (non-hydrogen) atoms. The lowest BCUT2D eigenvalue weighted by molar-refractivity contribution is -0.386. The standard InChI is InChI=1S/C16H17NO5/c1-10-4-6-11(7-5-10)16(18)12-8-14(21-2)15(22-3)9-13(12)17(19)20/h4-9,16,18H,1-3H3. The van der Waals surface area contributed by atoms with Gasteiger partial charge in [-0.15, -0.1) is 0 Å². The molecule has 1 atom stereocenters. The fourth-order valence-corrected chi connectivity index (χ4v) is 2.19. The Bertz CT molecular complexity index is 682. The van der Waals surface area contributed by atoms with Crippen molar-refractivity contribution in [1.29, 1.82) is 0 Å². The van der Waals surface area contributed by atoms with Crippen LogP contribution in [0.3, 0.4) is 0 Å². The van der Waals surface area contributed by atoms with Crippen molar-refractivity contribution in [1.82, 2.24) is 0 Å². The molecule has 1 N–H and O–H groups in total. The first kappa shape index (κ1) is 15.8. The summed E-state index contributed by atoms with van der Waals surface area (Å²) in [6.07, 6.45) is -1.12. The average Bonchev–Trinajstić information content (AvgIpc) is 2.53. The van der Waals surface area contributed by atoms with E-state index in [9.17, 15) is 15.2 Å². The molecule has 0 heterocycles. The molecule has 0 amide bonds. The number of benzene rings is 2. The molecule has 2 rings (SSSR count). The minimum absolute atomic E-state index is 0.159. The number of rotatable bonds is 5. The SMILES string of the molecule is COc1cc(C(O)c2ccc(C)cc2)c([N+](=O)[O-])cc1OC. The first-order chi connectivity index (χ1) is 10.5. The Hall–Kier alpha value is -2.60. The Labute approximate surface area is 128 Å². The van der Waals surface area contributed by atoms with Crippen molar-refractivity contribution in [2.45, 2.75) is 13.0 Å². The monoisotopic (exact) mass is 303 g/mol. The van der Waals surface area contributed by atoms with Crippen molar-refractivity contribution >= 4 is 5.69 Å². The first-order valence-corrected chi connectivity index (χ1v) is 6.63. The van der Waals surface area contributed by atoms with E-state index in [1.165, 1.54) is 26.4 Å². The number of ether oxygens (including phenoxy) is 2. The lowest BCUT2D eigenvalue weighted by Crippen LogP contribution is -2.05. The number of aryl methyl sites for hydroxylation is 1. The topological polar surface area (TPSA) is 81.8 Å². The number of hydrogen-bond donors (Lipinski definition) is 1. The van der Waals surface area contributed by atoms with Crippen LogP contribution < -0.4 is 9.47 Å². The molecular weight excluding hydrogens is 286 g/mol. The highest BCUT2D eigenvalue weighted by Crippen LogP contribution is 2.39. The molecule has 0 saturated heterocycles. The molecular formula is C16H17NO5. The minimum Gasteiger partial charge on any atom is -0.493 e. The molecule has 0 aromatic heterocycles. The van der Waals surface area contributed by atoms with Crippen LogP contribution in [0.15, 0.2) is 36.4 Å². The largest absolute Gasteiger partial charge is 0.493 e. The molecule has 0 saturated carbocycles. The average molecular weight is 303 g/mol. The fourth-order valence-electron chi connectivity index (χ4n) is 2.19. The number of nitrogens with zero attached hydrogens (tertiary/aromatic N) is 1. The molecule has 0 aliphatic carbocycles.